The normalized spacial score (nSPS) is 15.4. The van der Waals surface area contributed by atoms with E-state index in [1.54, 1.807) is 4.90 Å². The number of ether oxygens (including phenoxy) is 1. The molecular formula is C12H17BrN2O3. The molecule has 0 atom stereocenters. The summed E-state index contributed by atoms with van der Waals surface area (Å²) in [6.45, 7) is 6.63. The summed E-state index contributed by atoms with van der Waals surface area (Å²) in [5, 5.41) is 0.590. The molecule has 1 aromatic rings. The van der Waals surface area contributed by atoms with Crippen LogP contribution in [-0.4, -0.2) is 28.1 Å². The average molecular weight is 317 g/mol. The van der Waals surface area contributed by atoms with E-state index in [0.717, 1.165) is 11.5 Å². The molecule has 1 aromatic heterocycles. The molecule has 0 radical (unpaired) electrons. The van der Waals surface area contributed by atoms with Crippen molar-refractivity contribution in [3.8, 4) is 0 Å². The Morgan fingerprint density at radius 3 is 2.89 bits per heavy atom. The highest BCUT2D eigenvalue weighted by Crippen LogP contribution is 2.22. The van der Waals surface area contributed by atoms with Gasteiger partial charge in [0.25, 0.3) is 0 Å². The van der Waals surface area contributed by atoms with Crippen molar-refractivity contribution in [3.63, 3.8) is 0 Å². The van der Waals surface area contributed by atoms with E-state index >= 15 is 0 Å². The summed E-state index contributed by atoms with van der Waals surface area (Å²) < 4.78 is 10.9. The lowest BCUT2D eigenvalue weighted by molar-refractivity contribution is 0.0208. The van der Waals surface area contributed by atoms with Crippen LogP contribution in [0, 0.1) is 0 Å². The highest BCUT2D eigenvalue weighted by molar-refractivity contribution is 9.08. The summed E-state index contributed by atoms with van der Waals surface area (Å²) >= 11 is 3.31. The third-order valence-electron chi connectivity index (χ3n) is 2.54. The fraction of sp³-hybridized carbons (Fsp3) is 0.667. The Bertz CT molecular complexity index is 451. The molecule has 0 fully saturated rings. The van der Waals surface area contributed by atoms with Gasteiger partial charge >= 0.3 is 6.09 Å². The quantitative estimate of drug-likeness (QED) is 0.747. The summed E-state index contributed by atoms with van der Waals surface area (Å²) in [6.07, 6.45) is 0.412. The van der Waals surface area contributed by atoms with Crippen molar-refractivity contribution in [3.05, 3.63) is 17.3 Å². The minimum atomic E-state index is -0.472. The van der Waals surface area contributed by atoms with E-state index in [1.807, 2.05) is 20.8 Å². The summed E-state index contributed by atoms with van der Waals surface area (Å²) in [5.74, 6) is 1.42. The van der Waals surface area contributed by atoms with Crippen molar-refractivity contribution in [2.75, 3.05) is 6.54 Å². The maximum atomic E-state index is 11.9. The van der Waals surface area contributed by atoms with Gasteiger partial charge in [-0.1, -0.05) is 15.9 Å². The second-order valence-corrected chi connectivity index (χ2v) is 5.82. The first-order chi connectivity index (χ1) is 8.39. The van der Waals surface area contributed by atoms with Crippen LogP contribution in [0.15, 0.2) is 4.42 Å². The Morgan fingerprint density at radius 1 is 1.56 bits per heavy atom. The van der Waals surface area contributed by atoms with Gasteiger partial charge in [-0.05, 0) is 20.8 Å². The molecule has 1 amide bonds. The van der Waals surface area contributed by atoms with Crippen molar-refractivity contribution in [1.29, 1.82) is 0 Å². The number of halogens is 1. The van der Waals surface area contributed by atoms with Gasteiger partial charge in [0.15, 0.2) is 0 Å². The monoisotopic (exact) mass is 316 g/mol. The molecule has 0 unspecified atom stereocenters. The lowest BCUT2D eigenvalue weighted by Gasteiger charge is -2.28. The van der Waals surface area contributed by atoms with Gasteiger partial charge < -0.3 is 14.1 Å². The molecule has 1 aliphatic heterocycles. The molecule has 0 spiro atoms. The summed E-state index contributed by atoms with van der Waals surface area (Å²) in [4.78, 5) is 17.9. The predicted molar refractivity (Wildman–Crippen MR) is 69.5 cm³/mol. The minimum absolute atomic E-state index is 0.301. The van der Waals surface area contributed by atoms with E-state index in [1.165, 1.54) is 0 Å². The fourth-order valence-electron chi connectivity index (χ4n) is 1.79. The molecule has 2 heterocycles. The zero-order valence-corrected chi connectivity index (χ0v) is 12.4. The van der Waals surface area contributed by atoms with E-state index in [4.69, 9.17) is 9.15 Å². The molecule has 0 N–H and O–H groups in total. The molecule has 0 bridgehead atoms. The zero-order valence-electron chi connectivity index (χ0n) is 10.8. The van der Waals surface area contributed by atoms with Gasteiger partial charge in [-0.2, -0.15) is 0 Å². The lowest BCUT2D eigenvalue weighted by atomic mass is 10.1. The van der Waals surface area contributed by atoms with E-state index < -0.39 is 5.60 Å². The molecule has 0 saturated carbocycles. The average Bonchev–Trinajstić information content (AvgIpc) is 2.68. The molecule has 100 valence electrons. The van der Waals surface area contributed by atoms with Gasteiger partial charge in [-0.25, -0.2) is 9.78 Å². The number of oxazole rings is 1. The van der Waals surface area contributed by atoms with Crippen LogP contribution < -0.4 is 0 Å². The maximum absolute atomic E-state index is 11.9. The number of fused-ring (bicyclic) bond motifs is 1. The molecule has 5 nitrogen and oxygen atoms in total. The highest BCUT2D eigenvalue weighted by Gasteiger charge is 2.28. The standard InChI is InChI=1S/C12H17BrN2O3/c1-12(2,3)18-11(16)15-5-4-8-9(7-15)17-10(6-13)14-8/h4-7H2,1-3H3. The number of hydrogen-bond donors (Lipinski definition) is 0. The van der Waals surface area contributed by atoms with Crippen LogP contribution >= 0.6 is 15.9 Å². The molecular weight excluding hydrogens is 300 g/mol. The first-order valence-electron chi connectivity index (χ1n) is 5.90. The number of carbonyl (C=O) groups excluding carboxylic acids is 1. The van der Waals surface area contributed by atoms with Crippen LogP contribution in [0.25, 0.3) is 0 Å². The Kier molecular flexibility index (Phi) is 3.66. The summed E-state index contributed by atoms with van der Waals surface area (Å²) in [7, 11) is 0. The third-order valence-corrected chi connectivity index (χ3v) is 3.02. The van der Waals surface area contributed by atoms with Crippen LogP contribution in [0.3, 0.4) is 0 Å². The molecule has 0 aliphatic carbocycles. The smallest absolute Gasteiger partial charge is 0.410 e. The zero-order chi connectivity index (χ0) is 13.3. The van der Waals surface area contributed by atoms with E-state index in [-0.39, 0.29) is 6.09 Å². The van der Waals surface area contributed by atoms with Crippen molar-refractivity contribution < 1.29 is 13.9 Å². The maximum Gasteiger partial charge on any atom is 0.410 e. The van der Waals surface area contributed by atoms with Gasteiger partial charge in [0.05, 0.1) is 17.6 Å². The number of aromatic nitrogens is 1. The predicted octanol–water partition coefficient (Wildman–Crippen LogP) is 2.86. The van der Waals surface area contributed by atoms with Crippen molar-refractivity contribution in [2.45, 2.75) is 44.7 Å². The topological polar surface area (TPSA) is 55.6 Å². The van der Waals surface area contributed by atoms with Gasteiger partial charge in [-0.15, -0.1) is 0 Å². The highest BCUT2D eigenvalue weighted by atomic mass is 79.9. The summed E-state index contributed by atoms with van der Waals surface area (Å²) in [5.41, 5.74) is 0.476. The van der Waals surface area contributed by atoms with E-state index in [0.29, 0.717) is 30.7 Å². The largest absolute Gasteiger partial charge is 0.444 e. The minimum Gasteiger partial charge on any atom is -0.444 e. The Hall–Kier alpha value is -1.04. The van der Waals surface area contributed by atoms with E-state index in [2.05, 4.69) is 20.9 Å². The number of carbonyl (C=O) groups is 1. The second kappa shape index (κ2) is 4.91. The molecule has 0 aromatic carbocycles. The fourth-order valence-corrected chi connectivity index (χ4v) is 2.03. The number of hydrogen-bond acceptors (Lipinski definition) is 4. The summed E-state index contributed by atoms with van der Waals surface area (Å²) in [6, 6.07) is 0. The molecule has 2 rings (SSSR count). The van der Waals surface area contributed by atoms with Gasteiger partial charge in [0.2, 0.25) is 5.89 Å². The van der Waals surface area contributed by atoms with Gasteiger partial charge in [0, 0.05) is 13.0 Å². The van der Waals surface area contributed by atoms with Gasteiger partial charge in [0.1, 0.15) is 11.4 Å². The Morgan fingerprint density at radius 2 is 2.28 bits per heavy atom. The first-order valence-corrected chi connectivity index (χ1v) is 7.02. The Balaban J connectivity index is 2.05. The molecule has 1 aliphatic rings. The number of nitrogens with zero attached hydrogens (tertiary/aromatic N) is 2. The van der Waals surface area contributed by atoms with Crippen molar-refractivity contribution >= 4 is 22.0 Å². The van der Waals surface area contributed by atoms with Crippen LogP contribution in [-0.2, 0) is 23.0 Å². The first kappa shape index (κ1) is 13.4. The van der Waals surface area contributed by atoms with Crippen LogP contribution in [0.2, 0.25) is 0 Å². The van der Waals surface area contributed by atoms with Crippen LogP contribution in [0.5, 0.6) is 0 Å². The molecule has 6 heteroatoms. The second-order valence-electron chi connectivity index (χ2n) is 5.26. The number of alkyl halides is 1. The van der Waals surface area contributed by atoms with Crippen molar-refractivity contribution in [1.82, 2.24) is 9.88 Å². The van der Waals surface area contributed by atoms with Crippen LogP contribution in [0.1, 0.15) is 38.1 Å². The van der Waals surface area contributed by atoms with Crippen LogP contribution in [0.4, 0.5) is 4.79 Å². The lowest BCUT2D eigenvalue weighted by Crippen LogP contribution is -2.39. The van der Waals surface area contributed by atoms with Gasteiger partial charge in [-0.3, -0.25) is 0 Å². The SMILES string of the molecule is CC(C)(C)OC(=O)N1CCc2nc(CBr)oc2C1. The third kappa shape index (κ3) is 3.04. The number of amides is 1. The molecule has 0 saturated heterocycles. The molecule has 18 heavy (non-hydrogen) atoms. The number of rotatable bonds is 1. The van der Waals surface area contributed by atoms with E-state index in [9.17, 15) is 4.79 Å². The van der Waals surface area contributed by atoms with Crippen molar-refractivity contribution in [2.24, 2.45) is 0 Å². The Labute approximate surface area is 115 Å².